The molecule has 274 valence electrons. The van der Waals surface area contributed by atoms with Gasteiger partial charge in [-0.15, -0.1) is 0 Å². The summed E-state index contributed by atoms with van der Waals surface area (Å²) in [6, 6.07) is 0.353. The van der Waals surface area contributed by atoms with Gasteiger partial charge in [-0.3, -0.25) is 33.1 Å². The van der Waals surface area contributed by atoms with Gasteiger partial charge in [0.2, 0.25) is 23.6 Å². The van der Waals surface area contributed by atoms with E-state index in [0.29, 0.717) is 57.0 Å². The number of carbonyl (C=O) groups excluding carboxylic acids is 5. The summed E-state index contributed by atoms with van der Waals surface area (Å²) in [5, 5.41) is 12.4. The molecule has 49 heavy (non-hydrogen) atoms. The first-order valence-corrected chi connectivity index (χ1v) is 20.4. The number of nitrogens with one attached hydrogen (secondary N) is 4. The molecule has 5 rings (SSSR count). The van der Waals surface area contributed by atoms with Crippen molar-refractivity contribution in [1.82, 2.24) is 26.2 Å². The lowest BCUT2D eigenvalue weighted by atomic mass is 9.76. The molecule has 5 aliphatic rings. The summed E-state index contributed by atoms with van der Waals surface area (Å²) in [7, 11) is -3.02. The van der Waals surface area contributed by atoms with E-state index in [9.17, 15) is 33.4 Å². The summed E-state index contributed by atoms with van der Waals surface area (Å²) in [4.78, 5) is 74.1. The molecule has 5 N–H and O–H groups in total. The molecule has 0 aromatic rings. The molecule has 14 nitrogen and oxygen atoms in total. The number of rotatable bonds is 18. The molecule has 3 heterocycles. The predicted molar refractivity (Wildman–Crippen MR) is 183 cm³/mol. The minimum atomic E-state index is -4.11. The Morgan fingerprint density at radius 3 is 2.53 bits per heavy atom. The number of allylic oxidation sites excluding steroid dienone is 2. The summed E-state index contributed by atoms with van der Waals surface area (Å²) < 4.78 is 21.0. The van der Waals surface area contributed by atoms with Crippen molar-refractivity contribution in [2.24, 2.45) is 29.6 Å². The SMILES string of the molecule is COP(=O)(O)OCCC1C=CCC2C(=O)N(CC3CCC(C(=O)NCCCCNC(=O)CCCCC4SCC5NC(=O)NC54)CC3)C(=O)C12. The molecule has 6 amide bonds. The first-order valence-electron chi connectivity index (χ1n) is 17.8. The number of thioether (sulfide) groups is 1. The van der Waals surface area contributed by atoms with Crippen molar-refractivity contribution in [1.29, 1.82) is 0 Å². The molecule has 7 unspecified atom stereocenters. The summed E-state index contributed by atoms with van der Waals surface area (Å²) in [6.45, 7) is 1.44. The van der Waals surface area contributed by atoms with E-state index in [0.717, 1.165) is 57.8 Å². The topological polar surface area (TPSA) is 192 Å². The highest BCUT2D eigenvalue weighted by molar-refractivity contribution is 8.00. The van der Waals surface area contributed by atoms with Crippen LogP contribution in [0, 0.1) is 29.6 Å². The highest BCUT2D eigenvalue weighted by Crippen LogP contribution is 2.45. The Morgan fingerprint density at radius 1 is 1.02 bits per heavy atom. The van der Waals surface area contributed by atoms with E-state index in [1.54, 1.807) is 0 Å². The number of hydrogen-bond acceptors (Lipinski definition) is 9. The number of phosphoric ester groups is 1. The maximum atomic E-state index is 13.4. The minimum absolute atomic E-state index is 0.0403. The van der Waals surface area contributed by atoms with Crippen molar-refractivity contribution >= 4 is 49.2 Å². The molecule has 0 bridgehead atoms. The van der Waals surface area contributed by atoms with Gasteiger partial charge in [-0.25, -0.2) is 9.36 Å². The van der Waals surface area contributed by atoms with Gasteiger partial charge >= 0.3 is 13.9 Å². The van der Waals surface area contributed by atoms with Crippen LogP contribution in [0.5, 0.6) is 0 Å². The molecular formula is C33H52N5O9PS. The maximum absolute atomic E-state index is 13.4. The Bertz CT molecular complexity index is 1290. The van der Waals surface area contributed by atoms with Crippen LogP contribution in [0.1, 0.15) is 77.0 Å². The summed E-state index contributed by atoms with van der Waals surface area (Å²) in [5.41, 5.74) is 0. The van der Waals surface area contributed by atoms with Crippen LogP contribution >= 0.6 is 19.6 Å². The lowest BCUT2D eigenvalue weighted by molar-refractivity contribution is -0.141. The molecule has 16 heteroatoms. The Kier molecular flexibility index (Phi) is 13.6. The smallest absolute Gasteiger partial charge is 0.356 e. The minimum Gasteiger partial charge on any atom is -0.356 e. The van der Waals surface area contributed by atoms with Gasteiger partial charge in [0, 0.05) is 50.1 Å². The quantitative estimate of drug-likeness (QED) is 0.0462. The largest absolute Gasteiger partial charge is 0.471 e. The van der Waals surface area contributed by atoms with Gasteiger partial charge in [0.05, 0.1) is 30.5 Å². The average Bonchev–Trinajstić information content (AvgIpc) is 3.72. The van der Waals surface area contributed by atoms with Crippen molar-refractivity contribution in [2.45, 2.75) is 94.4 Å². The van der Waals surface area contributed by atoms with E-state index in [4.69, 9.17) is 4.52 Å². The lowest BCUT2D eigenvalue weighted by Gasteiger charge is -2.30. The van der Waals surface area contributed by atoms with E-state index in [-0.39, 0.29) is 66.1 Å². The molecule has 3 aliphatic heterocycles. The highest BCUT2D eigenvalue weighted by Gasteiger charge is 2.51. The Balaban J connectivity index is 0.904. The number of urea groups is 1. The van der Waals surface area contributed by atoms with Crippen molar-refractivity contribution in [2.75, 3.05) is 39.1 Å². The van der Waals surface area contributed by atoms with Crippen molar-refractivity contribution < 1.29 is 42.5 Å². The molecule has 4 fully saturated rings. The highest BCUT2D eigenvalue weighted by atomic mass is 32.2. The van der Waals surface area contributed by atoms with Gasteiger partial charge in [0.25, 0.3) is 0 Å². The van der Waals surface area contributed by atoms with Gasteiger partial charge in [0.15, 0.2) is 0 Å². The second-order valence-corrected chi connectivity index (χ2v) is 16.8. The second-order valence-electron chi connectivity index (χ2n) is 14.0. The molecule has 0 spiro atoms. The van der Waals surface area contributed by atoms with Crippen LogP contribution in [-0.4, -0.2) is 95.9 Å². The van der Waals surface area contributed by atoms with Crippen LogP contribution in [0.15, 0.2) is 12.2 Å². The Hall–Kier alpha value is -2.45. The maximum Gasteiger partial charge on any atom is 0.471 e. The van der Waals surface area contributed by atoms with Gasteiger partial charge < -0.3 is 26.2 Å². The van der Waals surface area contributed by atoms with Crippen molar-refractivity contribution in [3.05, 3.63) is 12.2 Å². The van der Waals surface area contributed by atoms with E-state index in [1.165, 1.54) is 4.90 Å². The summed E-state index contributed by atoms with van der Waals surface area (Å²) >= 11 is 1.89. The van der Waals surface area contributed by atoms with Crippen LogP contribution in [-0.2, 0) is 32.8 Å². The van der Waals surface area contributed by atoms with Crippen LogP contribution in [0.3, 0.4) is 0 Å². The molecule has 3 saturated heterocycles. The van der Waals surface area contributed by atoms with E-state index < -0.39 is 19.7 Å². The first-order chi connectivity index (χ1) is 23.6. The number of hydrogen-bond donors (Lipinski definition) is 5. The Morgan fingerprint density at radius 2 is 1.78 bits per heavy atom. The number of nitrogens with zero attached hydrogens (tertiary/aromatic N) is 1. The second kappa shape index (κ2) is 17.7. The molecule has 2 aliphatic carbocycles. The van der Waals surface area contributed by atoms with Crippen LogP contribution in [0.4, 0.5) is 4.79 Å². The summed E-state index contributed by atoms with van der Waals surface area (Å²) in [6.07, 6.45) is 12.4. The molecular weight excluding hydrogens is 673 g/mol. The lowest BCUT2D eigenvalue weighted by Crippen LogP contribution is -2.39. The predicted octanol–water partition coefficient (Wildman–Crippen LogP) is 2.86. The standard InChI is InChI=1S/C33H52N5O9PS/c1-46-48(44,45)47-18-15-22-7-6-8-24-28(22)32(42)38(31(24)41)19-21-11-13-23(14-12-21)30(40)35-17-5-4-16-34-27(39)10-3-2-9-26-29-25(20-49-26)36-33(43)37-29/h6-7,21-26,28-29H,2-5,8-20H2,1H3,(H,34,39)(H,35,40)(H,44,45)(H2,36,37,43). The van der Waals surface area contributed by atoms with E-state index in [2.05, 4.69) is 25.8 Å². The normalized spacial score (nSPS) is 31.9. The third kappa shape index (κ3) is 10.1. The number of unbranched alkanes of at least 4 members (excludes halogenated alkanes) is 2. The zero-order valence-corrected chi connectivity index (χ0v) is 30.0. The molecule has 7 atom stereocenters. The number of phosphoric acid groups is 1. The number of fused-ring (bicyclic) bond motifs is 2. The fourth-order valence-corrected chi connectivity index (χ4v) is 9.92. The number of carbonyl (C=O) groups is 5. The molecule has 0 aromatic heterocycles. The zero-order chi connectivity index (χ0) is 35.0. The zero-order valence-electron chi connectivity index (χ0n) is 28.3. The van der Waals surface area contributed by atoms with Crippen molar-refractivity contribution in [3.8, 4) is 0 Å². The fourth-order valence-electron chi connectivity index (χ4n) is 7.94. The van der Waals surface area contributed by atoms with Crippen LogP contribution in [0.25, 0.3) is 0 Å². The van der Waals surface area contributed by atoms with Gasteiger partial charge in [0.1, 0.15) is 0 Å². The van der Waals surface area contributed by atoms with Gasteiger partial charge in [-0.05, 0) is 76.0 Å². The number of amides is 6. The molecule has 0 radical (unpaired) electrons. The molecule has 1 saturated carbocycles. The first kappa shape index (κ1) is 37.8. The van der Waals surface area contributed by atoms with Gasteiger partial charge in [-0.2, -0.15) is 11.8 Å². The van der Waals surface area contributed by atoms with Crippen molar-refractivity contribution in [3.63, 3.8) is 0 Å². The van der Waals surface area contributed by atoms with Crippen LogP contribution < -0.4 is 21.3 Å². The van der Waals surface area contributed by atoms with E-state index >= 15 is 0 Å². The average molecular weight is 726 g/mol. The Labute approximate surface area is 292 Å². The monoisotopic (exact) mass is 725 g/mol. The van der Waals surface area contributed by atoms with Crippen LogP contribution in [0.2, 0.25) is 0 Å². The van der Waals surface area contributed by atoms with Gasteiger partial charge in [-0.1, -0.05) is 18.6 Å². The third-order valence-electron chi connectivity index (χ3n) is 10.7. The summed E-state index contributed by atoms with van der Waals surface area (Å²) in [5.74, 6) is -0.400. The number of imide groups is 1. The number of likely N-dealkylation sites (tertiary alicyclic amines) is 1. The third-order valence-corrected chi connectivity index (χ3v) is 13.2. The van der Waals surface area contributed by atoms with E-state index in [1.807, 2.05) is 23.9 Å². The fraction of sp³-hybridized carbons (Fsp3) is 0.788. The molecule has 0 aromatic carbocycles.